The van der Waals surface area contributed by atoms with E-state index in [2.05, 4.69) is 19.2 Å². The second-order valence-electron chi connectivity index (χ2n) is 21.7. The molecule has 0 radical (unpaired) electrons. The summed E-state index contributed by atoms with van der Waals surface area (Å²) in [6.45, 7) is 3.71. The van der Waals surface area contributed by atoms with Crippen LogP contribution in [0, 0.1) is 0 Å². The Balaban J connectivity index is 2.14. The van der Waals surface area contributed by atoms with E-state index in [0.29, 0.717) is 12.8 Å². The molecule has 69 heavy (non-hydrogen) atoms. The molecule has 1 fully saturated rings. The predicted molar refractivity (Wildman–Crippen MR) is 287 cm³/mol. The van der Waals surface area contributed by atoms with Gasteiger partial charge in [0.05, 0.1) is 25.4 Å². The third-order valence-electron chi connectivity index (χ3n) is 15.1. The van der Waals surface area contributed by atoms with E-state index in [-0.39, 0.29) is 6.61 Å². The fourth-order valence-electron chi connectivity index (χ4n) is 10.2. The van der Waals surface area contributed by atoms with Gasteiger partial charge < -0.3 is 45.4 Å². The normalized spacial score (nSPS) is 19.8. The summed E-state index contributed by atoms with van der Waals surface area (Å²) >= 11 is 0. The summed E-state index contributed by atoms with van der Waals surface area (Å²) in [6, 6.07) is -0.889. The number of carbonyl (C=O) groups is 1. The highest BCUT2D eigenvalue weighted by Crippen LogP contribution is 2.24. The van der Waals surface area contributed by atoms with Crippen LogP contribution in [0.15, 0.2) is 0 Å². The first kappa shape index (κ1) is 66.2. The standard InChI is InChI=1S/C59H117NO9/c1-3-5-7-9-11-13-15-17-19-20-21-22-23-24-25-26-27-28-29-30-31-32-33-34-36-38-40-42-44-46-48-53(63)58(67)60-51(50-68-59-57(66)56(65)55(64)54(49-61)69-59)52(62)47-45-43-41-39-37-35-18-16-14-12-10-8-6-4-2/h51-57,59,61-66H,3-50H2,1-2H3,(H,60,67). The monoisotopic (exact) mass is 984 g/mol. The topological polar surface area (TPSA) is 169 Å². The van der Waals surface area contributed by atoms with Gasteiger partial charge in [0.15, 0.2) is 6.29 Å². The Morgan fingerprint density at radius 1 is 0.435 bits per heavy atom. The lowest BCUT2D eigenvalue weighted by Crippen LogP contribution is -2.60. The molecule has 1 aliphatic heterocycles. The maximum absolute atomic E-state index is 13.1. The van der Waals surface area contributed by atoms with Gasteiger partial charge in [0.2, 0.25) is 5.91 Å². The van der Waals surface area contributed by atoms with Crippen LogP contribution in [-0.4, -0.2) is 98.7 Å². The van der Waals surface area contributed by atoms with Crippen LogP contribution in [0.3, 0.4) is 0 Å². The molecule has 8 atom stereocenters. The minimum atomic E-state index is -1.59. The fourth-order valence-corrected chi connectivity index (χ4v) is 10.2. The van der Waals surface area contributed by atoms with Crippen molar-refractivity contribution in [3.8, 4) is 0 Å². The van der Waals surface area contributed by atoms with Crippen LogP contribution in [0.25, 0.3) is 0 Å². The van der Waals surface area contributed by atoms with Gasteiger partial charge in [-0.05, 0) is 12.8 Å². The maximum atomic E-state index is 13.1. The van der Waals surface area contributed by atoms with E-state index < -0.39 is 61.5 Å². The zero-order valence-corrected chi connectivity index (χ0v) is 45.5. The lowest BCUT2D eigenvalue weighted by Gasteiger charge is -2.40. The van der Waals surface area contributed by atoms with E-state index in [1.54, 1.807) is 0 Å². The van der Waals surface area contributed by atoms with E-state index in [0.717, 1.165) is 38.5 Å². The highest BCUT2D eigenvalue weighted by molar-refractivity contribution is 5.80. The Hall–Kier alpha value is -0.850. The molecule has 1 saturated heterocycles. The van der Waals surface area contributed by atoms with Crippen LogP contribution >= 0.6 is 0 Å². The molecule has 8 unspecified atom stereocenters. The summed E-state index contributed by atoms with van der Waals surface area (Å²) in [4.78, 5) is 13.1. The molecule has 1 rings (SSSR count). The molecule has 10 heteroatoms. The summed E-state index contributed by atoms with van der Waals surface area (Å²) in [6.07, 6.45) is 49.0. The molecular weight excluding hydrogens is 867 g/mol. The van der Waals surface area contributed by atoms with Gasteiger partial charge in [-0.15, -0.1) is 0 Å². The summed E-state index contributed by atoms with van der Waals surface area (Å²) in [7, 11) is 0. The van der Waals surface area contributed by atoms with Crippen LogP contribution < -0.4 is 5.32 Å². The number of aliphatic hydroxyl groups is 6. The van der Waals surface area contributed by atoms with Crippen molar-refractivity contribution < 1.29 is 44.9 Å². The van der Waals surface area contributed by atoms with Gasteiger partial charge in [0.25, 0.3) is 0 Å². The fraction of sp³-hybridized carbons (Fsp3) is 0.983. The van der Waals surface area contributed by atoms with Crippen LogP contribution in [-0.2, 0) is 14.3 Å². The summed E-state index contributed by atoms with van der Waals surface area (Å²) in [5.74, 6) is -0.576. The number of hydrogen-bond donors (Lipinski definition) is 7. The van der Waals surface area contributed by atoms with Crippen LogP contribution in [0.1, 0.15) is 309 Å². The van der Waals surface area contributed by atoms with E-state index >= 15 is 0 Å². The lowest BCUT2D eigenvalue weighted by atomic mass is 9.99. The predicted octanol–water partition coefficient (Wildman–Crippen LogP) is 14.0. The SMILES string of the molecule is CCCCCCCCCCCCCCCCCCCCCCCCCCCCCCCCC(O)C(=O)NC(COC1OC(CO)C(O)C(O)C1O)C(O)CCCCCCCCCCCCCCCC. The molecule has 1 heterocycles. The molecule has 0 saturated carbocycles. The van der Waals surface area contributed by atoms with Crippen molar-refractivity contribution in [3.63, 3.8) is 0 Å². The average molecular weight is 985 g/mol. The number of ether oxygens (including phenoxy) is 2. The lowest BCUT2D eigenvalue weighted by molar-refractivity contribution is -0.302. The third kappa shape index (κ3) is 38.4. The molecule has 0 aromatic heterocycles. The first-order valence-electron chi connectivity index (χ1n) is 30.3. The van der Waals surface area contributed by atoms with Crippen molar-refractivity contribution >= 4 is 5.91 Å². The van der Waals surface area contributed by atoms with Crippen LogP contribution in [0.2, 0.25) is 0 Å². The molecule has 1 amide bonds. The van der Waals surface area contributed by atoms with Gasteiger partial charge in [-0.3, -0.25) is 4.79 Å². The average Bonchev–Trinajstić information content (AvgIpc) is 3.35. The van der Waals surface area contributed by atoms with Crippen molar-refractivity contribution in [3.05, 3.63) is 0 Å². The van der Waals surface area contributed by atoms with Crippen molar-refractivity contribution in [1.29, 1.82) is 0 Å². The molecule has 412 valence electrons. The molecular formula is C59H117NO9. The zero-order chi connectivity index (χ0) is 50.3. The van der Waals surface area contributed by atoms with Gasteiger partial charge in [0.1, 0.15) is 30.5 Å². The Kier molecular flexibility index (Phi) is 47.3. The Bertz CT molecular complexity index is 1070. The minimum Gasteiger partial charge on any atom is -0.394 e. The molecule has 7 N–H and O–H groups in total. The van der Waals surface area contributed by atoms with E-state index in [1.165, 1.54) is 244 Å². The molecule has 0 aromatic carbocycles. The molecule has 0 bridgehead atoms. The second kappa shape index (κ2) is 49.4. The van der Waals surface area contributed by atoms with Gasteiger partial charge in [-0.1, -0.05) is 296 Å². The highest BCUT2D eigenvalue weighted by Gasteiger charge is 2.44. The van der Waals surface area contributed by atoms with Gasteiger partial charge in [0, 0.05) is 0 Å². The van der Waals surface area contributed by atoms with Crippen LogP contribution in [0.4, 0.5) is 0 Å². The molecule has 1 aliphatic rings. The second-order valence-corrected chi connectivity index (χ2v) is 21.7. The van der Waals surface area contributed by atoms with Gasteiger partial charge in [-0.25, -0.2) is 0 Å². The number of aliphatic hydroxyl groups excluding tert-OH is 6. The van der Waals surface area contributed by atoms with E-state index in [1.807, 2.05) is 0 Å². The molecule has 0 spiro atoms. The number of carbonyl (C=O) groups excluding carboxylic acids is 1. The van der Waals surface area contributed by atoms with E-state index in [4.69, 9.17) is 9.47 Å². The zero-order valence-electron chi connectivity index (χ0n) is 45.5. The maximum Gasteiger partial charge on any atom is 0.249 e. The Morgan fingerprint density at radius 2 is 0.725 bits per heavy atom. The van der Waals surface area contributed by atoms with Crippen molar-refractivity contribution in [2.24, 2.45) is 0 Å². The number of unbranched alkanes of at least 4 members (excludes halogenated alkanes) is 42. The summed E-state index contributed by atoms with van der Waals surface area (Å²) in [5, 5.41) is 65.2. The molecule has 0 aliphatic carbocycles. The Morgan fingerprint density at radius 3 is 1.03 bits per heavy atom. The van der Waals surface area contributed by atoms with Crippen molar-refractivity contribution in [2.45, 2.75) is 358 Å². The number of nitrogens with one attached hydrogen (secondary N) is 1. The highest BCUT2D eigenvalue weighted by atomic mass is 16.7. The number of rotatable bonds is 53. The van der Waals surface area contributed by atoms with E-state index in [9.17, 15) is 35.4 Å². The minimum absolute atomic E-state index is 0.249. The Labute approximate surface area is 426 Å². The molecule has 0 aromatic rings. The van der Waals surface area contributed by atoms with Crippen molar-refractivity contribution in [2.75, 3.05) is 13.2 Å². The van der Waals surface area contributed by atoms with Gasteiger partial charge >= 0.3 is 0 Å². The number of amides is 1. The summed E-state index contributed by atoms with van der Waals surface area (Å²) < 4.78 is 11.2. The van der Waals surface area contributed by atoms with Gasteiger partial charge in [-0.2, -0.15) is 0 Å². The number of hydrogen-bond acceptors (Lipinski definition) is 9. The van der Waals surface area contributed by atoms with Crippen molar-refractivity contribution in [1.82, 2.24) is 5.32 Å². The third-order valence-corrected chi connectivity index (χ3v) is 15.1. The first-order valence-corrected chi connectivity index (χ1v) is 30.3. The summed E-state index contributed by atoms with van der Waals surface area (Å²) in [5.41, 5.74) is 0. The largest absolute Gasteiger partial charge is 0.394 e. The smallest absolute Gasteiger partial charge is 0.249 e. The van der Waals surface area contributed by atoms with Crippen LogP contribution in [0.5, 0.6) is 0 Å². The first-order chi connectivity index (χ1) is 33.8. The molecule has 10 nitrogen and oxygen atoms in total. The quantitative estimate of drug-likeness (QED) is 0.0293.